The molecular weight excluding hydrogens is 333 g/mol. The minimum Gasteiger partial charge on any atom is -0.467 e. The van der Waals surface area contributed by atoms with Crippen molar-refractivity contribution in [2.24, 2.45) is 0 Å². The second kappa shape index (κ2) is 8.13. The lowest BCUT2D eigenvalue weighted by molar-refractivity contribution is -0.142. The molecule has 0 aliphatic heterocycles. The van der Waals surface area contributed by atoms with Crippen molar-refractivity contribution in [1.82, 2.24) is 5.32 Å². The maximum absolute atomic E-state index is 13.4. The van der Waals surface area contributed by atoms with E-state index >= 15 is 0 Å². The van der Waals surface area contributed by atoms with E-state index in [2.05, 4.69) is 26.1 Å². The van der Waals surface area contributed by atoms with Crippen molar-refractivity contribution in [3.63, 3.8) is 0 Å². The van der Waals surface area contributed by atoms with Gasteiger partial charge < -0.3 is 10.1 Å². The third-order valence-corrected chi connectivity index (χ3v) is 4.13. The van der Waals surface area contributed by atoms with Crippen LogP contribution in [0.15, 0.2) is 48.5 Å². The zero-order valence-corrected chi connectivity index (χ0v) is 15.5. The number of amides is 1. The fourth-order valence-electron chi connectivity index (χ4n) is 2.60. The normalized spacial score (nSPS) is 12.3. The molecule has 0 fully saturated rings. The number of hydrogen-bond acceptors (Lipinski definition) is 3. The van der Waals surface area contributed by atoms with Crippen LogP contribution in [0.3, 0.4) is 0 Å². The predicted molar refractivity (Wildman–Crippen MR) is 98.5 cm³/mol. The van der Waals surface area contributed by atoms with Gasteiger partial charge in [-0.1, -0.05) is 45.0 Å². The summed E-state index contributed by atoms with van der Waals surface area (Å²) in [4.78, 5) is 24.5. The number of rotatable bonds is 5. The molecule has 0 saturated heterocycles. The van der Waals surface area contributed by atoms with Crippen LogP contribution in [0.5, 0.6) is 0 Å². The van der Waals surface area contributed by atoms with Crippen LogP contribution in [0.1, 0.15) is 42.3 Å². The summed E-state index contributed by atoms with van der Waals surface area (Å²) in [5, 5.41) is 2.67. The highest BCUT2D eigenvalue weighted by Crippen LogP contribution is 2.22. The van der Waals surface area contributed by atoms with Gasteiger partial charge in [0, 0.05) is 12.0 Å². The van der Waals surface area contributed by atoms with E-state index in [1.807, 2.05) is 12.1 Å². The van der Waals surface area contributed by atoms with E-state index in [1.54, 1.807) is 24.3 Å². The van der Waals surface area contributed by atoms with Crippen LogP contribution in [0, 0.1) is 5.82 Å². The van der Waals surface area contributed by atoms with E-state index in [-0.39, 0.29) is 17.7 Å². The van der Waals surface area contributed by atoms with Crippen LogP contribution in [-0.2, 0) is 21.4 Å². The first-order chi connectivity index (χ1) is 12.2. The van der Waals surface area contributed by atoms with Crippen molar-refractivity contribution < 1.29 is 18.7 Å². The van der Waals surface area contributed by atoms with Crippen LogP contribution in [-0.4, -0.2) is 25.0 Å². The summed E-state index contributed by atoms with van der Waals surface area (Å²) in [6.07, 6.45) is 0.149. The summed E-state index contributed by atoms with van der Waals surface area (Å²) < 4.78 is 18.1. The van der Waals surface area contributed by atoms with Crippen molar-refractivity contribution in [3.8, 4) is 0 Å². The number of carbonyl (C=O) groups is 2. The number of benzene rings is 2. The molecule has 5 heteroatoms. The molecule has 2 rings (SSSR count). The number of esters is 1. The van der Waals surface area contributed by atoms with Crippen molar-refractivity contribution in [1.29, 1.82) is 0 Å². The molecule has 0 aliphatic carbocycles. The minimum absolute atomic E-state index is 0.0130. The Kier molecular flexibility index (Phi) is 6.14. The Balaban J connectivity index is 2.14. The van der Waals surface area contributed by atoms with Crippen molar-refractivity contribution in [3.05, 3.63) is 71.0 Å². The monoisotopic (exact) mass is 357 g/mol. The first-order valence-electron chi connectivity index (χ1n) is 8.44. The molecule has 1 amide bonds. The third kappa shape index (κ3) is 5.15. The largest absolute Gasteiger partial charge is 0.467 e. The zero-order chi connectivity index (χ0) is 19.3. The first kappa shape index (κ1) is 19.6. The zero-order valence-electron chi connectivity index (χ0n) is 15.5. The fraction of sp³-hybridized carbons (Fsp3) is 0.333. The van der Waals surface area contributed by atoms with Crippen LogP contribution >= 0.6 is 0 Å². The highest BCUT2D eigenvalue weighted by molar-refractivity contribution is 5.96. The Morgan fingerprint density at radius 3 is 2.31 bits per heavy atom. The Bertz CT molecular complexity index is 779. The highest BCUT2D eigenvalue weighted by Gasteiger charge is 2.23. The molecular formula is C21H24FNO3. The highest BCUT2D eigenvalue weighted by atomic mass is 19.1. The van der Waals surface area contributed by atoms with E-state index < -0.39 is 17.8 Å². The van der Waals surface area contributed by atoms with E-state index in [4.69, 9.17) is 4.74 Å². The number of hydrogen-bond donors (Lipinski definition) is 1. The Labute approximate surface area is 153 Å². The average molecular weight is 357 g/mol. The lowest BCUT2D eigenvalue weighted by atomic mass is 9.86. The summed E-state index contributed by atoms with van der Waals surface area (Å²) in [6.45, 7) is 6.27. The number of methoxy groups -OCH3 is 1. The van der Waals surface area contributed by atoms with Gasteiger partial charge in [0.1, 0.15) is 11.9 Å². The van der Waals surface area contributed by atoms with Crippen molar-refractivity contribution in [2.75, 3.05) is 7.11 Å². The molecule has 2 aromatic carbocycles. The van der Waals surface area contributed by atoms with Gasteiger partial charge in [0.25, 0.3) is 5.91 Å². The predicted octanol–water partition coefficient (Wildman–Crippen LogP) is 3.64. The van der Waals surface area contributed by atoms with Gasteiger partial charge in [0.15, 0.2) is 0 Å². The SMILES string of the molecule is COC(=O)[C@@H](Cc1cccc(F)c1)NC(=O)c1ccc(C(C)(C)C)cc1. The average Bonchev–Trinajstić information content (AvgIpc) is 2.59. The molecule has 0 spiro atoms. The lowest BCUT2D eigenvalue weighted by Gasteiger charge is -2.20. The quantitative estimate of drug-likeness (QED) is 0.831. The van der Waals surface area contributed by atoms with Crippen molar-refractivity contribution >= 4 is 11.9 Å². The van der Waals surface area contributed by atoms with Gasteiger partial charge in [0.2, 0.25) is 0 Å². The smallest absolute Gasteiger partial charge is 0.328 e. The maximum Gasteiger partial charge on any atom is 0.328 e. The third-order valence-electron chi connectivity index (χ3n) is 4.13. The van der Waals surface area contributed by atoms with Gasteiger partial charge >= 0.3 is 5.97 Å². The summed E-state index contributed by atoms with van der Waals surface area (Å²) in [7, 11) is 1.26. The molecule has 0 radical (unpaired) electrons. The second-order valence-corrected chi connectivity index (χ2v) is 7.21. The van der Waals surface area contributed by atoms with Gasteiger partial charge in [-0.05, 0) is 40.8 Å². The molecule has 0 unspecified atom stereocenters. The summed E-state index contributed by atoms with van der Waals surface area (Å²) in [6, 6.07) is 12.3. The molecule has 0 heterocycles. The van der Waals surface area contributed by atoms with E-state index in [9.17, 15) is 14.0 Å². The number of ether oxygens (including phenoxy) is 1. The molecule has 138 valence electrons. The molecule has 1 N–H and O–H groups in total. The van der Waals surface area contributed by atoms with E-state index in [1.165, 1.54) is 19.2 Å². The summed E-state index contributed by atoms with van der Waals surface area (Å²) in [5.74, 6) is -1.35. The van der Waals surface area contributed by atoms with Crippen LogP contribution in [0.4, 0.5) is 4.39 Å². The number of halogens is 1. The Morgan fingerprint density at radius 1 is 1.12 bits per heavy atom. The summed E-state index contributed by atoms with van der Waals surface area (Å²) in [5.41, 5.74) is 2.15. The van der Waals surface area contributed by atoms with E-state index in [0.717, 1.165) is 5.56 Å². The molecule has 0 saturated carbocycles. The summed E-state index contributed by atoms with van der Waals surface area (Å²) >= 11 is 0. The number of nitrogens with one attached hydrogen (secondary N) is 1. The molecule has 0 aromatic heterocycles. The van der Waals surface area contributed by atoms with Gasteiger partial charge in [-0.25, -0.2) is 9.18 Å². The van der Waals surface area contributed by atoms with Gasteiger partial charge in [-0.3, -0.25) is 4.79 Å². The molecule has 1 atom stereocenters. The molecule has 2 aromatic rings. The Morgan fingerprint density at radius 2 is 1.77 bits per heavy atom. The van der Waals surface area contributed by atoms with Gasteiger partial charge in [0.05, 0.1) is 7.11 Å². The first-order valence-corrected chi connectivity index (χ1v) is 8.44. The maximum atomic E-state index is 13.4. The second-order valence-electron chi connectivity index (χ2n) is 7.21. The van der Waals surface area contributed by atoms with Crippen LogP contribution < -0.4 is 5.32 Å². The van der Waals surface area contributed by atoms with Gasteiger partial charge in [-0.2, -0.15) is 0 Å². The standard InChI is InChI=1S/C21H24FNO3/c1-21(2,3)16-10-8-15(9-11-16)19(24)23-18(20(25)26-4)13-14-6-5-7-17(22)12-14/h5-12,18H,13H2,1-4H3,(H,23,24)/t18-/m1/s1. The van der Waals surface area contributed by atoms with Crippen LogP contribution in [0.2, 0.25) is 0 Å². The lowest BCUT2D eigenvalue weighted by Crippen LogP contribution is -2.43. The molecule has 0 aliphatic rings. The van der Waals surface area contributed by atoms with Gasteiger partial charge in [-0.15, -0.1) is 0 Å². The fourth-order valence-corrected chi connectivity index (χ4v) is 2.60. The topological polar surface area (TPSA) is 55.4 Å². The number of carbonyl (C=O) groups excluding carboxylic acids is 2. The molecule has 26 heavy (non-hydrogen) atoms. The van der Waals surface area contributed by atoms with E-state index in [0.29, 0.717) is 11.1 Å². The minimum atomic E-state index is -0.892. The molecule has 0 bridgehead atoms. The molecule has 4 nitrogen and oxygen atoms in total. The van der Waals surface area contributed by atoms with Crippen molar-refractivity contribution in [2.45, 2.75) is 38.6 Å². The Hall–Kier alpha value is -2.69. The van der Waals surface area contributed by atoms with Crippen LogP contribution in [0.25, 0.3) is 0 Å².